The highest BCUT2D eigenvalue weighted by molar-refractivity contribution is 5.85. The number of rotatable bonds is 5. The molecule has 0 N–H and O–H groups in total. The average Bonchev–Trinajstić information content (AvgIpc) is 2.41. The molecule has 19 heavy (non-hydrogen) atoms. The number of hydrogen-bond acceptors (Lipinski definition) is 3. The molecule has 1 aliphatic rings. The summed E-state index contributed by atoms with van der Waals surface area (Å²) in [6.07, 6.45) is 3.32. The molecule has 0 aromatic rings. The van der Waals surface area contributed by atoms with Gasteiger partial charge in [-0.1, -0.05) is 13.8 Å². The highest BCUT2D eigenvalue weighted by Gasteiger charge is 2.39. The minimum Gasteiger partial charge on any atom is -0.341 e. The molecule has 0 saturated carbocycles. The van der Waals surface area contributed by atoms with Gasteiger partial charge < -0.3 is 9.80 Å². The number of hydrogen-bond donors (Lipinski definition) is 0. The highest BCUT2D eigenvalue weighted by Crippen LogP contribution is 2.30. The van der Waals surface area contributed by atoms with Crippen molar-refractivity contribution < 1.29 is 4.79 Å². The van der Waals surface area contributed by atoms with Crippen molar-refractivity contribution in [2.75, 3.05) is 33.7 Å². The Labute approximate surface area is 117 Å². The Morgan fingerprint density at radius 1 is 1.32 bits per heavy atom. The van der Waals surface area contributed by atoms with Crippen LogP contribution in [0.2, 0.25) is 0 Å². The summed E-state index contributed by atoms with van der Waals surface area (Å²) in [7, 11) is 4.18. The third-order valence-corrected chi connectivity index (χ3v) is 4.36. The number of likely N-dealkylation sites (tertiary alicyclic amines) is 1. The van der Waals surface area contributed by atoms with Gasteiger partial charge in [-0.15, -0.1) is 0 Å². The van der Waals surface area contributed by atoms with Crippen molar-refractivity contribution >= 4 is 5.91 Å². The fourth-order valence-electron chi connectivity index (χ4n) is 2.90. The molecule has 4 nitrogen and oxygen atoms in total. The van der Waals surface area contributed by atoms with Crippen molar-refractivity contribution in [1.29, 1.82) is 5.26 Å². The fraction of sp³-hybridized carbons (Fsp3) is 0.867. The average molecular weight is 265 g/mol. The zero-order valence-electron chi connectivity index (χ0n) is 12.8. The molecule has 1 rings (SSSR count). The summed E-state index contributed by atoms with van der Waals surface area (Å²) in [5.41, 5.74) is -0.797. The number of carbonyl (C=O) groups excluding carboxylic acids is 1. The van der Waals surface area contributed by atoms with Crippen molar-refractivity contribution in [3.05, 3.63) is 0 Å². The Morgan fingerprint density at radius 2 is 1.84 bits per heavy atom. The minimum absolute atomic E-state index is 0.0447. The Morgan fingerprint density at radius 3 is 2.21 bits per heavy atom. The van der Waals surface area contributed by atoms with Crippen LogP contribution in [-0.2, 0) is 4.79 Å². The van der Waals surface area contributed by atoms with Crippen LogP contribution >= 0.6 is 0 Å². The van der Waals surface area contributed by atoms with Gasteiger partial charge in [0.15, 0.2) is 0 Å². The molecule has 1 heterocycles. The van der Waals surface area contributed by atoms with E-state index in [1.807, 2.05) is 18.7 Å². The van der Waals surface area contributed by atoms with Crippen molar-refractivity contribution in [1.82, 2.24) is 9.80 Å². The molecule has 0 radical (unpaired) electrons. The van der Waals surface area contributed by atoms with E-state index in [0.717, 1.165) is 32.5 Å². The van der Waals surface area contributed by atoms with Crippen LogP contribution in [0.3, 0.4) is 0 Å². The van der Waals surface area contributed by atoms with Gasteiger partial charge in [0, 0.05) is 19.6 Å². The van der Waals surface area contributed by atoms with Crippen LogP contribution in [0, 0.1) is 22.7 Å². The molecule has 1 saturated heterocycles. The van der Waals surface area contributed by atoms with E-state index < -0.39 is 5.41 Å². The van der Waals surface area contributed by atoms with Crippen LogP contribution in [0.25, 0.3) is 0 Å². The predicted octanol–water partition coefficient (Wildman–Crippen LogP) is 2.12. The van der Waals surface area contributed by atoms with Crippen LogP contribution in [0.1, 0.15) is 39.5 Å². The lowest BCUT2D eigenvalue weighted by Crippen LogP contribution is -2.47. The van der Waals surface area contributed by atoms with Gasteiger partial charge in [0.2, 0.25) is 5.91 Å². The highest BCUT2D eigenvalue weighted by atomic mass is 16.2. The van der Waals surface area contributed by atoms with Gasteiger partial charge in [-0.25, -0.2) is 0 Å². The second kappa shape index (κ2) is 6.91. The van der Waals surface area contributed by atoms with Gasteiger partial charge in [0.05, 0.1) is 6.07 Å². The van der Waals surface area contributed by atoms with Gasteiger partial charge in [0.25, 0.3) is 0 Å². The van der Waals surface area contributed by atoms with E-state index in [4.69, 9.17) is 0 Å². The van der Waals surface area contributed by atoms with Crippen molar-refractivity contribution in [3.8, 4) is 6.07 Å². The van der Waals surface area contributed by atoms with Gasteiger partial charge in [-0.2, -0.15) is 5.26 Å². The third-order valence-electron chi connectivity index (χ3n) is 4.36. The van der Waals surface area contributed by atoms with E-state index in [1.165, 1.54) is 0 Å². The molecular weight excluding hydrogens is 238 g/mol. The van der Waals surface area contributed by atoms with Crippen molar-refractivity contribution in [2.24, 2.45) is 11.3 Å². The summed E-state index contributed by atoms with van der Waals surface area (Å²) in [6.45, 7) is 6.57. The van der Waals surface area contributed by atoms with Crippen LogP contribution < -0.4 is 0 Å². The Bertz CT molecular complexity index is 334. The molecule has 0 aliphatic carbocycles. The molecule has 108 valence electrons. The van der Waals surface area contributed by atoms with Crippen molar-refractivity contribution in [3.63, 3.8) is 0 Å². The molecule has 1 aliphatic heterocycles. The van der Waals surface area contributed by atoms with Gasteiger partial charge in [-0.3, -0.25) is 4.79 Å². The molecule has 1 amide bonds. The van der Waals surface area contributed by atoms with Crippen LogP contribution in [0.4, 0.5) is 0 Å². The quantitative estimate of drug-likeness (QED) is 0.765. The maximum atomic E-state index is 12.5. The standard InChI is InChI=1S/C15H27N3O/c1-5-15(6-2,12-16)14(19)18-9-7-13(8-10-18)11-17(3)4/h13H,5-11H2,1-4H3. The molecule has 0 spiro atoms. The predicted molar refractivity (Wildman–Crippen MR) is 76.5 cm³/mol. The SMILES string of the molecule is CCC(C#N)(CC)C(=O)N1CCC(CN(C)C)CC1. The largest absolute Gasteiger partial charge is 0.341 e. The second-order valence-electron chi connectivity index (χ2n) is 5.90. The molecular formula is C15H27N3O. The van der Waals surface area contributed by atoms with E-state index in [-0.39, 0.29) is 5.91 Å². The lowest BCUT2D eigenvalue weighted by Gasteiger charge is -2.37. The van der Waals surface area contributed by atoms with E-state index >= 15 is 0 Å². The summed E-state index contributed by atoms with van der Waals surface area (Å²) in [5, 5.41) is 9.34. The first-order chi connectivity index (χ1) is 8.99. The van der Waals surface area contributed by atoms with E-state index in [2.05, 4.69) is 25.1 Å². The molecule has 0 unspecified atom stereocenters. The third kappa shape index (κ3) is 3.70. The lowest BCUT2D eigenvalue weighted by atomic mass is 9.81. The first-order valence-electron chi connectivity index (χ1n) is 7.34. The van der Waals surface area contributed by atoms with Crippen LogP contribution in [-0.4, -0.2) is 49.4 Å². The lowest BCUT2D eigenvalue weighted by molar-refractivity contribution is -0.141. The second-order valence-corrected chi connectivity index (χ2v) is 5.90. The summed E-state index contributed by atoms with van der Waals surface area (Å²) < 4.78 is 0. The monoisotopic (exact) mass is 265 g/mol. The maximum Gasteiger partial charge on any atom is 0.243 e. The van der Waals surface area contributed by atoms with Gasteiger partial charge in [-0.05, 0) is 45.7 Å². The van der Waals surface area contributed by atoms with E-state index in [9.17, 15) is 10.1 Å². The smallest absolute Gasteiger partial charge is 0.243 e. The van der Waals surface area contributed by atoms with Crippen LogP contribution in [0.15, 0.2) is 0 Å². The number of carbonyl (C=O) groups is 1. The van der Waals surface area contributed by atoms with Crippen molar-refractivity contribution in [2.45, 2.75) is 39.5 Å². The van der Waals surface area contributed by atoms with Gasteiger partial charge in [0.1, 0.15) is 5.41 Å². The maximum absolute atomic E-state index is 12.5. The number of nitriles is 1. The first kappa shape index (κ1) is 16.0. The summed E-state index contributed by atoms with van der Waals surface area (Å²) in [5.74, 6) is 0.724. The summed E-state index contributed by atoms with van der Waals surface area (Å²) in [6, 6.07) is 2.26. The fourth-order valence-corrected chi connectivity index (χ4v) is 2.90. The normalized spacial score (nSPS) is 17.6. The molecule has 0 atom stereocenters. The Balaban J connectivity index is 2.60. The minimum atomic E-state index is -0.797. The van der Waals surface area contributed by atoms with Crippen LogP contribution in [0.5, 0.6) is 0 Å². The molecule has 1 fully saturated rings. The molecule has 0 aromatic carbocycles. The molecule has 0 bridgehead atoms. The number of piperidine rings is 1. The zero-order valence-corrected chi connectivity index (χ0v) is 12.8. The summed E-state index contributed by atoms with van der Waals surface area (Å²) >= 11 is 0. The first-order valence-corrected chi connectivity index (χ1v) is 7.34. The number of nitrogens with zero attached hydrogens (tertiary/aromatic N) is 3. The molecule has 4 heteroatoms. The summed E-state index contributed by atoms with van der Waals surface area (Å²) in [4.78, 5) is 16.6. The Hall–Kier alpha value is -1.08. The topological polar surface area (TPSA) is 47.3 Å². The van der Waals surface area contributed by atoms with E-state index in [1.54, 1.807) is 0 Å². The zero-order chi connectivity index (χ0) is 14.5. The molecule has 0 aromatic heterocycles. The number of amides is 1. The van der Waals surface area contributed by atoms with E-state index in [0.29, 0.717) is 18.8 Å². The van der Waals surface area contributed by atoms with Gasteiger partial charge >= 0.3 is 0 Å². The Kier molecular flexibility index (Phi) is 5.81.